The van der Waals surface area contributed by atoms with Gasteiger partial charge in [0, 0.05) is 17.0 Å². The fraction of sp³-hybridized carbons (Fsp3) is 0.632. The molecule has 1 aliphatic rings. The van der Waals surface area contributed by atoms with Gasteiger partial charge in [-0.2, -0.15) is 0 Å². The number of halogens is 2. The first-order chi connectivity index (χ1) is 12.2. The molecule has 0 aromatic heterocycles. The van der Waals surface area contributed by atoms with Crippen molar-refractivity contribution in [2.45, 2.75) is 66.1 Å². The highest BCUT2D eigenvalue weighted by Gasteiger charge is 2.52. The minimum Gasteiger partial charge on any atom is -0.399 e. The lowest BCUT2D eigenvalue weighted by atomic mass is 9.78. The summed E-state index contributed by atoms with van der Waals surface area (Å²) in [5, 5.41) is 5.45. The average Bonchev–Trinajstić information content (AvgIpc) is 2.68. The standard InChI is InChI=1S/C19H29BClFN2O3/c1-17(2,3)8-9-23-16(25)24-15-10-12(13(21)11-14(15)22)20-26-18(4,5)19(6,7)27-20/h10-11H,8-9H2,1-7H3,(H2,23,24,25). The van der Waals surface area contributed by atoms with Gasteiger partial charge in [-0.1, -0.05) is 32.4 Å². The van der Waals surface area contributed by atoms with Gasteiger partial charge < -0.3 is 19.9 Å². The van der Waals surface area contributed by atoms with Crippen LogP contribution in [0.3, 0.4) is 0 Å². The number of urea groups is 1. The molecule has 5 nitrogen and oxygen atoms in total. The Hall–Kier alpha value is -1.31. The maximum absolute atomic E-state index is 14.3. The van der Waals surface area contributed by atoms with Gasteiger partial charge in [-0.15, -0.1) is 0 Å². The second-order valence-electron chi connectivity index (χ2n) is 9.13. The monoisotopic (exact) mass is 398 g/mol. The van der Waals surface area contributed by atoms with Gasteiger partial charge in [0.25, 0.3) is 0 Å². The Kier molecular flexibility index (Phi) is 6.19. The van der Waals surface area contributed by atoms with Crippen LogP contribution < -0.4 is 16.1 Å². The van der Waals surface area contributed by atoms with E-state index in [1.165, 1.54) is 6.07 Å². The lowest BCUT2D eigenvalue weighted by Gasteiger charge is -2.32. The number of carbonyl (C=O) groups is 1. The van der Waals surface area contributed by atoms with Crippen molar-refractivity contribution in [2.75, 3.05) is 11.9 Å². The molecule has 0 radical (unpaired) electrons. The van der Waals surface area contributed by atoms with E-state index in [1.807, 2.05) is 27.7 Å². The normalized spacial score (nSPS) is 18.5. The molecule has 8 heteroatoms. The predicted molar refractivity (Wildman–Crippen MR) is 108 cm³/mol. The summed E-state index contributed by atoms with van der Waals surface area (Å²) in [7, 11) is -0.743. The highest BCUT2D eigenvalue weighted by molar-refractivity contribution is 6.65. The quantitative estimate of drug-likeness (QED) is 0.742. The highest BCUT2D eigenvalue weighted by atomic mass is 35.5. The van der Waals surface area contributed by atoms with Gasteiger partial charge in [-0.25, -0.2) is 9.18 Å². The zero-order valence-corrected chi connectivity index (χ0v) is 17.9. The fourth-order valence-electron chi connectivity index (χ4n) is 2.53. The summed E-state index contributed by atoms with van der Waals surface area (Å²) in [6.45, 7) is 14.4. The molecule has 0 spiro atoms. The fourth-order valence-corrected chi connectivity index (χ4v) is 2.77. The summed E-state index contributed by atoms with van der Waals surface area (Å²) in [5.74, 6) is -0.619. The molecule has 1 aliphatic heterocycles. The average molecular weight is 399 g/mol. The molecule has 1 saturated heterocycles. The molecule has 0 bridgehead atoms. The summed E-state index contributed by atoms with van der Waals surface area (Å²) >= 11 is 6.21. The minimum atomic E-state index is -0.743. The first-order valence-corrected chi connectivity index (χ1v) is 9.49. The van der Waals surface area contributed by atoms with Crippen molar-refractivity contribution in [3.8, 4) is 0 Å². The van der Waals surface area contributed by atoms with Crippen molar-refractivity contribution in [3.63, 3.8) is 0 Å². The molecule has 1 aromatic rings. The highest BCUT2D eigenvalue weighted by Crippen LogP contribution is 2.37. The van der Waals surface area contributed by atoms with Gasteiger partial charge >= 0.3 is 13.1 Å². The number of benzene rings is 1. The number of hydrogen-bond donors (Lipinski definition) is 2. The lowest BCUT2D eigenvalue weighted by molar-refractivity contribution is 0.00578. The Balaban J connectivity index is 2.13. The Labute approximate surface area is 166 Å². The third-order valence-electron chi connectivity index (χ3n) is 5.00. The number of nitrogens with one attached hydrogen (secondary N) is 2. The van der Waals surface area contributed by atoms with Gasteiger partial charge in [0.2, 0.25) is 0 Å². The Morgan fingerprint density at radius 3 is 2.26 bits per heavy atom. The number of rotatable bonds is 4. The third-order valence-corrected chi connectivity index (χ3v) is 5.33. The molecule has 2 amide bonds. The van der Waals surface area contributed by atoms with Crippen LogP contribution in [0.5, 0.6) is 0 Å². The Morgan fingerprint density at radius 2 is 1.74 bits per heavy atom. The van der Waals surface area contributed by atoms with Gasteiger partial charge in [0.05, 0.1) is 16.9 Å². The van der Waals surface area contributed by atoms with E-state index < -0.39 is 30.2 Å². The van der Waals surface area contributed by atoms with Gasteiger partial charge in [0.15, 0.2) is 0 Å². The molecule has 0 atom stereocenters. The van der Waals surface area contributed by atoms with E-state index in [2.05, 4.69) is 31.4 Å². The largest absolute Gasteiger partial charge is 0.496 e. The SMILES string of the molecule is CC(C)(C)CCNC(=O)Nc1cc(B2OC(C)(C)C(C)(C)O2)c(Cl)cc1F. The van der Waals surface area contributed by atoms with Crippen molar-refractivity contribution in [1.29, 1.82) is 0 Å². The Bertz CT molecular complexity index is 704. The van der Waals surface area contributed by atoms with Gasteiger partial charge in [-0.05, 0) is 51.7 Å². The van der Waals surface area contributed by atoms with Crippen molar-refractivity contribution < 1.29 is 18.5 Å². The maximum Gasteiger partial charge on any atom is 0.496 e. The third kappa shape index (κ3) is 5.36. The Morgan fingerprint density at radius 1 is 1.19 bits per heavy atom. The molecule has 2 N–H and O–H groups in total. The van der Waals surface area contributed by atoms with Crippen LogP contribution in [0.25, 0.3) is 0 Å². The lowest BCUT2D eigenvalue weighted by Crippen LogP contribution is -2.41. The predicted octanol–water partition coefficient (Wildman–Crippen LogP) is 4.34. The summed E-state index contributed by atoms with van der Waals surface area (Å²) in [5.41, 5.74) is -0.498. The van der Waals surface area contributed by atoms with E-state index in [1.54, 1.807) is 0 Å². The summed E-state index contributed by atoms with van der Waals surface area (Å²) in [4.78, 5) is 12.1. The van der Waals surface area contributed by atoms with Crippen LogP contribution in [0.1, 0.15) is 54.9 Å². The van der Waals surface area contributed by atoms with Gasteiger partial charge in [-0.3, -0.25) is 0 Å². The molecule has 0 aliphatic carbocycles. The second-order valence-corrected chi connectivity index (χ2v) is 9.54. The first-order valence-electron chi connectivity index (χ1n) is 9.11. The second kappa shape index (κ2) is 7.61. The molecule has 27 heavy (non-hydrogen) atoms. The van der Waals surface area contributed by atoms with E-state index in [0.29, 0.717) is 12.0 Å². The maximum atomic E-state index is 14.3. The molecular weight excluding hydrogens is 369 g/mol. The van der Waals surface area contributed by atoms with Crippen LogP contribution in [-0.4, -0.2) is 30.9 Å². The molecule has 2 rings (SSSR count). The topological polar surface area (TPSA) is 59.6 Å². The van der Waals surface area contributed by atoms with Crippen LogP contribution in [-0.2, 0) is 9.31 Å². The van der Waals surface area contributed by atoms with Crippen LogP contribution >= 0.6 is 11.6 Å². The van der Waals surface area contributed by atoms with Crippen molar-refractivity contribution in [3.05, 3.63) is 23.0 Å². The summed E-state index contributed by atoms with van der Waals surface area (Å²) in [6.07, 6.45) is 0.808. The van der Waals surface area contributed by atoms with E-state index in [9.17, 15) is 9.18 Å². The number of anilines is 1. The molecule has 0 unspecified atom stereocenters. The molecule has 1 heterocycles. The minimum absolute atomic E-state index is 0.0253. The summed E-state index contributed by atoms with van der Waals surface area (Å²) < 4.78 is 26.2. The van der Waals surface area contributed by atoms with Crippen LogP contribution in [0.15, 0.2) is 12.1 Å². The molecule has 1 fully saturated rings. The van der Waals surface area contributed by atoms with Crippen LogP contribution in [0.2, 0.25) is 5.02 Å². The molecule has 150 valence electrons. The van der Waals surface area contributed by atoms with E-state index >= 15 is 0 Å². The van der Waals surface area contributed by atoms with Crippen LogP contribution in [0.4, 0.5) is 14.9 Å². The molecular formula is C19H29BClFN2O3. The zero-order valence-electron chi connectivity index (χ0n) is 17.1. The van der Waals surface area contributed by atoms with E-state index in [0.717, 1.165) is 12.5 Å². The first kappa shape index (κ1) is 22.0. The molecule has 1 aromatic carbocycles. The van der Waals surface area contributed by atoms with Crippen molar-refractivity contribution in [2.24, 2.45) is 5.41 Å². The van der Waals surface area contributed by atoms with Crippen LogP contribution in [0, 0.1) is 11.2 Å². The van der Waals surface area contributed by atoms with Gasteiger partial charge in [0.1, 0.15) is 5.82 Å². The number of amides is 2. The number of hydrogen-bond acceptors (Lipinski definition) is 3. The smallest absolute Gasteiger partial charge is 0.399 e. The molecule has 0 saturated carbocycles. The number of carbonyl (C=O) groups excluding carboxylic acids is 1. The van der Waals surface area contributed by atoms with Crippen molar-refractivity contribution >= 4 is 35.9 Å². The van der Waals surface area contributed by atoms with E-state index in [4.69, 9.17) is 20.9 Å². The van der Waals surface area contributed by atoms with Crippen molar-refractivity contribution in [1.82, 2.24) is 5.32 Å². The van der Waals surface area contributed by atoms with E-state index in [-0.39, 0.29) is 16.1 Å². The summed E-state index contributed by atoms with van der Waals surface area (Å²) in [6, 6.07) is 2.15. The zero-order chi connectivity index (χ0) is 20.6.